The number of nitrogens with one attached hydrogen (secondary N) is 1. The summed E-state index contributed by atoms with van der Waals surface area (Å²) < 4.78 is 5.29. The molecule has 0 aromatic heterocycles. The van der Waals surface area contributed by atoms with Crippen molar-refractivity contribution >= 4 is 29.4 Å². The van der Waals surface area contributed by atoms with E-state index in [4.69, 9.17) is 4.74 Å². The zero-order valence-corrected chi connectivity index (χ0v) is 18.7. The summed E-state index contributed by atoms with van der Waals surface area (Å²) in [6, 6.07) is 15.2. The van der Waals surface area contributed by atoms with E-state index in [0.29, 0.717) is 24.5 Å². The fourth-order valence-electron chi connectivity index (χ4n) is 3.51. The van der Waals surface area contributed by atoms with Crippen LogP contribution in [0.15, 0.2) is 48.5 Å². The number of thioether (sulfide) groups is 1. The topological polar surface area (TPSA) is 61.9 Å². The SMILES string of the molecule is CCC1SC(c2ccccc2C)N(CCN(C)C(=O)Nc2ccccc2OC)C1=O. The minimum atomic E-state index is -0.238. The van der Waals surface area contributed by atoms with Crippen LogP contribution in [0.3, 0.4) is 0 Å². The maximum atomic E-state index is 13.0. The van der Waals surface area contributed by atoms with Gasteiger partial charge in [-0.3, -0.25) is 4.79 Å². The number of para-hydroxylation sites is 2. The van der Waals surface area contributed by atoms with Crippen molar-refractivity contribution in [3.8, 4) is 5.75 Å². The number of nitrogens with zero attached hydrogens (tertiary/aromatic N) is 2. The lowest BCUT2D eigenvalue weighted by Gasteiger charge is -2.28. The van der Waals surface area contributed by atoms with Crippen molar-refractivity contribution in [3.05, 3.63) is 59.7 Å². The van der Waals surface area contributed by atoms with Crippen LogP contribution in [0.2, 0.25) is 0 Å². The lowest BCUT2D eigenvalue weighted by molar-refractivity contribution is -0.130. The third kappa shape index (κ3) is 4.73. The highest BCUT2D eigenvalue weighted by atomic mass is 32.2. The number of hydrogen-bond acceptors (Lipinski definition) is 4. The summed E-state index contributed by atoms with van der Waals surface area (Å²) in [6.45, 7) is 5.04. The van der Waals surface area contributed by atoms with E-state index in [1.807, 2.05) is 36.1 Å². The lowest BCUT2D eigenvalue weighted by Crippen LogP contribution is -2.40. The highest BCUT2D eigenvalue weighted by Gasteiger charge is 2.40. The first-order valence-electron chi connectivity index (χ1n) is 10.1. The maximum Gasteiger partial charge on any atom is 0.321 e. The second kappa shape index (κ2) is 9.89. The van der Waals surface area contributed by atoms with Crippen LogP contribution in [0.4, 0.5) is 10.5 Å². The Morgan fingerprint density at radius 1 is 1.20 bits per heavy atom. The van der Waals surface area contributed by atoms with E-state index in [0.717, 1.165) is 12.0 Å². The van der Waals surface area contributed by atoms with Crippen LogP contribution >= 0.6 is 11.8 Å². The average Bonchev–Trinajstić information content (AvgIpc) is 3.07. The van der Waals surface area contributed by atoms with Crippen LogP contribution in [0, 0.1) is 6.92 Å². The van der Waals surface area contributed by atoms with Crippen molar-refractivity contribution in [1.29, 1.82) is 0 Å². The molecule has 3 rings (SSSR count). The van der Waals surface area contributed by atoms with Crippen molar-refractivity contribution < 1.29 is 14.3 Å². The van der Waals surface area contributed by atoms with Gasteiger partial charge in [0.15, 0.2) is 0 Å². The highest BCUT2D eigenvalue weighted by molar-refractivity contribution is 8.01. The molecular formula is C23H29N3O3S. The molecule has 1 aliphatic heterocycles. The summed E-state index contributed by atoms with van der Waals surface area (Å²) in [5.41, 5.74) is 2.95. The Balaban J connectivity index is 1.68. The fraction of sp³-hybridized carbons (Fsp3) is 0.391. The molecule has 1 fully saturated rings. The number of likely N-dealkylation sites (N-methyl/N-ethyl adjacent to an activating group) is 1. The van der Waals surface area contributed by atoms with Crippen LogP contribution < -0.4 is 10.1 Å². The van der Waals surface area contributed by atoms with Crippen LogP contribution in [-0.4, -0.2) is 54.2 Å². The summed E-state index contributed by atoms with van der Waals surface area (Å²) in [4.78, 5) is 29.1. The van der Waals surface area contributed by atoms with Gasteiger partial charge in [-0.25, -0.2) is 4.79 Å². The van der Waals surface area contributed by atoms with Gasteiger partial charge in [-0.15, -0.1) is 11.8 Å². The molecule has 1 N–H and O–H groups in total. The Morgan fingerprint density at radius 2 is 1.90 bits per heavy atom. The standard InChI is InChI=1S/C23H29N3O3S/c1-5-20-21(27)26(22(30-20)17-11-7-6-10-16(17)2)15-14-25(3)23(28)24-18-12-8-9-13-19(18)29-4/h6-13,20,22H,5,14-15H2,1-4H3,(H,24,28). The quantitative estimate of drug-likeness (QED) is 0.706. The Labute approximate surface area is 182 Å². The van der Waals surface area contributed by atoms with Gasteiger partial charge in [0, 0.05) is 20.1 Å². The maximum absolute atomic E-state index is 13.0. The number of methoxy groups -OCH3 is 1. The fourth-order valence-corrected chi connectivity index (χ4v) is 5.03. The number of carbonyl (C=O) groups excluding carboxylic acids is 2. The number of amides is 3. The van der Waals surface area contributed by atoms with E-state index in [9.17, 15) is 9.59 Å². The van der Waals surface area contributed by atoms with E-state index < -0.39 is 0 Å². The molecule has 3 amide bonds. The van der Waals surface area contributed by atoms with Crippen LogP contribution in [-0.2, 0) is 4.79 Å². The number of benzene rings is 2. The molecule has 0 aliphatic carbocycles. The smallest absolute Gasteiger partial charge is 0.321 e. The Kier molecular flexibility index (Phi) is 7.26. The summed E-state index contributed by atoms with van der Waals surface area (Å²) in [7, 11) is 3.31. The van der Waals surface area contributed by atoms with Gasteiger partial charge in [0.1, 0.15) is 11.1 Å². The number of carbonyl (C=O) groups is 2. The summed E-state index contributed by atoms with van der Waals surface area (Å²) in [5, 5.41) is 2.81. The van der Waals surface area contributed by atoms with Crippen molar-refractivity contribution in [2.24, 2.45) is 0 Å². The van der Waals surface area contributed by atoms with Gasteiger partial charge in [0.05, 0.1) is 18.0 Å². The number of anilines is 1. The van der Waals surface area contributed by atoms with Crippen molar-refractivity contribution in [2.75, 3.05) is 32.6 Å². The number of aryl methyl sites for hydroxylation is 1. The van der Waals surface area contributed by atoms with Gasteiger partial charge in [-0.2, -0.15) is 0 Å². The molecule has 160 valence electrons. The Morgan fingerprint density at radius 3 is 2.60 bits per heavy atom. The van der Waals surface area contributed by atoms with Gasteiger partial charge in [-0.1, -0.05) is 43.3 Å². The molecule has 0 bridgehead atoms. The first-order valence-corrected chi connectivity index (χ1v) is 11.1. The second-order valence-corrected chi connectivity index (χ2v) is 8.61. The third-order valence-corrected chi connectivity index (χ3v) is 6.96. The zero-order chi connectivity index (χ0) is 21.7. The van der Waals surface area contributed by atoms with E-state index in [2.05, 4.69) is 24.4 Å². The highest BCUT2D eigenvalue weighted by Crippen LogP contribution is 2.44. The van der Waals surface area contributed by atoms with Gasteiger partial charge in [0.25, 0.3) is 0 Å². The van der Waals surface area contributed by atoms with Gasteiger partial charge in [0.2, 0.25) is 5.91 Å². The second-order valence-electron chi connectivity index (χ2n) is 7.33. The molecule has 0 radical (unpaired) electrons. The number of hydrogen-bond donors (Lipinski definition) is 1. The zero-order valence-electron chi connectivity index (χ0n) is 17.9. The van der Waals surface area contributed by atoms with Gasteiger partial charge < -0.3 is 19.9 Å². The first kappa shape index (κ1) is 22.0. The molecule has 2 atom stereocenters. The van der Waals surface area contributed by atoms with E-state index in [1.54, 1.807) is 43.0 Å². The Hall–Kier alpha value is -2.67. The number of urea groups is 1. The van der Waals surface area contributed by atoms with Crippen LogP contribution in [0.1, 0.15) is 29.8 Å². The average molecular weight is 428 g/mol. The number of ether oxygens (including phenoxy) is 1. The lowest BCUT2D eigenvalue weighted by atomic mass is 10.1. The van der Waals surface area contributed by atoms with Crippen LogP contribution in [0.5, 0.6) is 5.75 Å². The molecule has 2 aromatic rings. The predicted molar refractivity (Wildman–Crippen MR) is 122 cm³/mol. The van der Waals surface area contributed by atoms with Crippen molar-refractivity contribution in [1.82, 2.24) is 9.80 Å². The number of rotatable bonds is 7. The van der Waals surface area contributed by atoms with Crippen molar-refractivity contribution in [3.63, 3.8) is 0 Å². The summed E-state index contributed by atoms with van der Waals surface area (Å²) >= 11 is 1.70. The van der Waals surface area contributed by atoms with E-state index in [-0.39, 0.29) is 22.6 Å². The molecular weight excluding hydrogens is 398 g/mol. The molecule has 1 saturated heterocycles. The van der Waals surface area contributed by atoms with Crippen molar-refractivity contribution in [2.45, 2.75) is 30.9 Å². The van der Waals surface area contributed by atoms with E-state index >= 15 is 0 Å². The third-order valence-electron chi connectivity index (χ3n) is 5.33. The first-order chi connectivity index (χ1) is 14.5. The minimum Gasteiger partial charge on any atom is -0.495 e. The van der Waals surface area contributed by atoms with Gasteiger partial charge in [-0.05, 0) is 36.6 Å². The molecule has 0 saturated carbocycles. The Bertz CT molecular complexity index is 905. The van der Waals surface area contributed by atoms with E-state index in [1.165, 1.54) is 5.56 Å². The molecule has 7 heteroatoms. The molecule has 1 heterocycles. The molecule has 6 nitrogen and oxygen atoms in total. The summed E-state index contributed by atoms with van der Waals surface area (Å²) in [5.74, 6) is 0.755. The predicted octanol–water partition coefficient (Wildman–Crippen LogP) is 4.52. The summed E-state index contributed by atoms with van der Waals surface area (Å²) in [6.07, 6.45) is 0.798. The molecule has 1 aliphatic rings. The largest absolute Gasteiger partial charge is 0.495 e. The van der Waals surface area contributed by atoms with Gasteiger partial charge >= 0.3 is 6.03 Å². The normalized spacial score (nSPS) is 18.4. The molecule has 30 heavy (non-hydrogen) atoms. The molecule has 0 spiro atoms. The molecule has 2 unspecified atom stereocenters. The molecule has 2 aromatic carbocycles. The minimum absolute atomic E-state index is 0.0191. The monoisotopic (exact) mass is 427 g/mol. The van der Waals surface area contributed by atoms with Crippen LogP contribution in [0.25, 0.3) is 0 Å².